The summed E-state index contributed by atoms with van der Waals surface area (Å²) in [6.07, 6.45) is -4.05. The predicted molar refractivity (Wildman–Crippen MR) is 103 cm³/mol. The van der Waals surface area contributed by atoms with Gasteiger partial charge in [0.1, 0.15) is 0 Å². The number of halogens is 3. The van der Waals surface area contributed by atoms with Crippen LogP contribution in [-0.2, 0) is 23.4 Å². The third-order valence-electron chi connectivity index (χ3n) is 3.37. The summed E-state index contributed by atoms with van der Waals surface area (Å²) in [7, 11) is -1.12. The van der Waals surface area contributed by atoms with Crippen molar-refractivity contribution in [3.63, 3.8) is 0 Å². The van der Waals surface area contributed by atoms with E-state index in [-0.39, 0.29) is 0 Å². The number of alkyl halides is 3. The molecular weight excluding hydrogens is 397 g/mol. The molecular formula is C17H21F3N4OS2. The van der Waals surface area contributed by atoms with Crippen molar-refractivity contribution in [3.8, 4) is 0 Å². The topological polar surface area (TPSA) is 66.4 Å². The lowest BCUT2D eigenvalue weighted by atomic mass is 10.4. The van der Waals surface area contributed by atoms with Gasteiger partial charge in [0.2, 0.25) is 0 Å². The van der Waals surface area contributed by atoms with E-state index in [4.69, 9.17) is 0 Å². The predicted octanol–water partition coefficient (Wildman–Crippen LogP) is 3.07. The summed E-state index contributed by atoms with van der Waals surface area (Å²) in [4.78, 5) is 8.71. The first-order valence-corrected chi connectivity index (χ1v) is 10.6. The number of hydrogen-bond donors (Lipinski definition) is 2. The molecule has 0 saturated heterocycles. The first kappa shape index (κ1) is 21.4. The van der Waals surface area contributed by atoms with Crippen LogP contribution >= 0.6 is 11.3 Å². The molecule has 0 fully saturated rings. The van der Waals surface area contributed by atoms with Crippen molar-refractivity contribution >= 4 is 28.1 Å². The van der Waals surface area contributed by atoms with E-state index < -0.39 is 22.7 Å². The zero-order chi connectivity index (χ0) is 19.7. The number of aromatic nitrogens is 1. The van der Waals surface area contributed by atoms with Crippen LogP contribution in [0.4, 0.5) is 13.2 Å². The van der Waals surface area contributed by atoms with Crippen LogP contribution in [0.3, 0.4) is 0 Å². The number of aliphatic imine (C=N–C) groups is 1. The minimum Gasteiger partial charge on any atom is -0.357 e. The summed E-state index contributed by atoms with van der Waals surface area (Å²) in [5.74, 6) is 0.928. The molecule has 0 aliphatic heterocycles. The Morgan fingerprint density at radius 1 is 1.26 bits per heavy atom. The van der Waals surface area contributed by atoms with Gasteiger partial charge in [-0.15, -0.1) is 11.3 Å². The Balaban J connectivity index is 1.81. The van der Waals surface area contributed by atoms with Gasteiger partial charge in [0.25, 0.3) is 0 Å². The number of nitrogens with one attached hydrogen (secondary N) is 2. The maximum Gasteiger partial charge on any atom is 0.434 e. The first-order chi connectivity index (χ1) is 12.9. The highest BCUT2D eigenvalue weighted by atomic mass is 32.2. The minimum absolute atomic E-state index is 0.362. The Morgan fingerprint density at radius 3 is 2.63 bits per heavy atom. The average Bonchev–Trinajstić information content (AvgIpc) is 3.12. The molecule has 0 aliphatic carbocycles. The quantitative estimate of drug-likeness (QED) is 0.511. The number of nitrogens with zero attached hydrogens (tertiary/aromatic N) is 2. The molecule has 27 heavy (non-hydrogen) atoms. The van der Waals surface area contributed by atoms with Gasteiger partial charge in [-0.1, -0.05) is 18.2 Å². The van der Waals surface area contributed by atoms with E-state index in [1.165, 1.54) is 0 Å². The Morgan fingerprint density at radius 2 is 2.00 bits per heavy atom. The van der Waals surface area contributed by atoms with Crippen LogP contribution < -0.4 is 10.6 Å². The van der Waals surface area contributed by atoms with Crippen LogP contribution in [0.2, 0.25) is 0 Å². The summed E-state index contributed by atoms with van der Waals surface area (Å²) in [5.41, 5.74) is -0.855. The highest BCUT2D eigenvalue weighted by molar-refractivity contribution is 7.85. The van der Waals surface area contributed by atoms with Gasteiger partial charge in [0, 0.05) is 35.5 Å². The molecule has 1 unspecified atom stereocenters. The van der Waals surface area contributed by atoms with Gasteiger partial charge in [-0.3, -0.25) is 9.20 Å². The molecule has 5 nitrogen and oxygen atoms in total. The summed E-state index contributed by atoms with van der Waals surface area (Å²) < 4.78 is 49.8. The van der Waals surface area contributed by atoms with Crippen LogP contribution in [0, 0.1) is 0 Å². The van der Waals surface area contributed by atoms with Crippen LogP contribution in [0.15, 0.2) is 45.6 Å². The van der Waals surface area contributed by atoms with E-state index in [0.717, 1.165) is 21.6 Å². The SMILES string of the molecule is CCNC(=NCCS(=O)c1ccccc1)NCCc1nc(C(F)(F)F)cs1. The lowest BCUT2D eigenvalue weighted by molar-refractivity contribution is -0.140. The van der Waals surface area contributed by atoms with Crippen molar-refractivity contribution in [2.75, 3.05) is 25.4 Å². The maximum atomic E-state index is 12.6. The molecule has 10 heteroatoms. The van der Waals surface area contributed by atoms with Gasteiger partial charge >= 0.3 is 6.18 Å². The zero-order valence-corrected chi connectivity index (χ0v) is 16.4. The molecule has 1 aromatic heterocycles. The Kier molecular flexibility index (Phi) is 8.23. The second-order valence-corrected chi connectivity index (χ2v) is 7.94. The van der Waals surface area contributed by atoms with Crippen LogP contribution in [0.25, 0.3) is 0 Å². The molecule has 1 heterocycles. The van der Waals surface area contributed by atoms with Crippen molar-refractivity contribution in [2.45, 2.75) is 24.4 Å². The van der Waals surface area contributed by atoms with Crippen molar-refractivity contribution in [1.82, 2.24) is 15.6 Å². The van der Waals surface area contributed by atoms with E-state index in [0.29, 0.717) is 42.8 Å². The molecule has 0 saturated carbocycles. The standard InChI is InChI=1S/C17H21F3N4OS2/c1-2-21-16(23-10-11-27(25)13-6-4-3-5-7-13)22-9-8-15-24-14(12-26-15)17(18,19)20/h3-7,12H,2,8-11H2,1H3,(H2,21,22,23). The summed E-state index contributed by atoms with van der Waals surface area (Å²) in [6.45, 7) is 3.32. The molecule has 2 aromatic rings. The van der Waals surface area contributed by atoms with E-state index in [1.807, 2.05) is 37.3 Å². The first-order valence-electron chi connectivity index (χ1n) is 8.37. The smallest absolute Gasteiger partial charge is 0.357 e. The minimum atomic E-state index is -4.41. The fourth-order valence-corrected chi connectivity index (χ4v) is 3.87. The molecule has 1 aromatic carbocycles. The number of guanidine groups is 1. The van der Waals surface area contributed by atoms with Crippen LogP contribution in [0.1, 0.15) is 17.6 Å². The van der Waals surface area contributed by atoms with Gasteiger partial charge in [0.15, 0.2) is 11.7 Å². The lowest BCUT2D eigenvalue weighted by Crippen LogP contribution is -2.38. The fourth-order valence-electron chi connectivity index (χ4n) is 2.12. The van der Waals surface area contributed by atoms with E-state index >= 15 is 0 Å². The van der Waals surface area contributed by atoms with Gasteiger partial charge in [-0.2, -0.15) is 13.2 Å². The Labute approximate surface area is 162 Å². The second-order valence-electron chi connectivity index (χ2n) is 5.42. The van der Waals surface area contributed by atoms with Crippen molar-refractivity contribution < 1.29 is 17.4 Å². The number of benzene rings is 1. The lowest BCUT2D eigenvalue weighted by Gasteiger charge is -2.10. The Hall–Kier alpha value is -1.94. The van der Waals surface area contributed by atoms with Gasteiger partial charge in [-0.05, 0) is 19.1 Å². The van der Waals surface area contributed by atoms with E-state index in [1.54, 1.807) is 0 Å². The normalized spacial score (nSPS) is 13.4. The van der Waals surface area contributed by atoms with Gasteiger partial charge < -0.3 is 10.6 Å². The zero-order valence-electron chi connectivity index (χ0n) is 14.8. The molecule has 0 aliphatic rings. The van der Waals surface area contributed by atoms with E-state index in [2.05, 4.69) is 20.6 Å². The molecule has 0 amide bonds. The average molecular weight is 419 g/mol. The molecule has 0 radical (unpaired) electrons. The van der Waals surface area contributed by atoms with Crippen molar-refractivity contribution in [2.24, 2.45) is 4.99 Å². The maximum absolute atomic E-state index is 12.6. The molecule has 2 rings (SSSR count). The molecule has 0 bridgehead atoms. The van der Waals surface area contributed by atoms with Gasteiger partial charge in [0.05, 0.1) is 22.4 Å². The third kappa shape index (κ3) is 7.30. The second kappa shape index (κ2) is 10.4. The molecule has 2 N–H and O–H groups in total. The van der Waals surface area contributed by atoms with E-state index in [9.17, 15) is 17.4 Å². The number of rotatable bonds is 8. The summed E-state index contributed by atoms with van der Waals surface area (Å²) >= 11 is 0.989. The van der Waals surface area contributed by atoms with Crippen molar-refractivity contribution in [1.29, 1.82) is 0 Å². The fraction of sp³-hybridized carbons (Fsp3) is 0.412. The largest absolute Gasteiger partial charge is 0.434 e. The molecule has 0 spiro atoms. The Bertz CT molecular complexity index is 763. The van der Waals surface area contributed by atoms with Crippen molar-refractivity contribution in [3.05, 3.63) is 46.4 Å². The van der Waals surface area contributed by atoms with Gasteiger partial charge in [-0.25, -0.2) is 4.98 Å². The molecule has 1 atom stereocenters. The number of thiazole rings is 1. The third-order valence-corrected chi connectivity index (χ3v) is 5.63. The van der Waals surface area contributed by atoms with Crippen LogP contribution in [-0.4, -0.2) is 40.5 Å². The number of hydrogen-bond acceptors (Lipinski definition) is 4. The summed E-state index contributed by atoms with van der Waals surface area (Å²) in [5, 5.41) is 7.54. The monoisotopic (exact) mass is 418 g/mol. The van der Waals surface area contributed by atoms with Crippen LogP contribution in [0.5, 0.6) is 0 Å². The summed E-state index contributed by atoms with van der Waals surface area (Å²) in [6, 6.07) is 9.17. The highest BCUT2D eigenvalue weighted by Gasteiger charge is 2.33. The highest BCUT2D eigenvalue weighted by Crippen LogP contribution is 2.29. The molecule has 148 valence electrons.